The van der Waals surface area contributed by atoms with Gasteiger partial charge in [-0.25, -0.2) is 0 Å². The molecule has 0 atom stereocenters. The summed E-state index contributed by atoms with van der Waals surface area (Å²) in [6, 6.07) is 11.3. The molecule has 2 aromatic heterocycles. The Hall–Kier alpha value is -3.16. The molecule has 0 fully saturated rings. The minimum absolute atomic E-state index is 0.0718. The van der Waals surface area contributed by atoms with Crippen LogP contribution >= 0.6 is 0 Å². The number of rotatable bonds is 5. The minimum atomic E-state index is -4.53. The van der Waals surface area contributed by atoms with Crippen LogP contribution in [-0.4, -0.2) is 20.7 Å². The van der Waals surface area contributed by atoms with Crippen LogP contribution in [0.25, 0.3) is 0 Å². The van der Waals surface area contributed by atoms with Crippen LogP contribution in [0.4, 0.5) is 13.2 Å². The van der Waals surface area contributed by atoms with Gasteiger partial charge in [0, 0.05) is 25.1 Å². The highest BCUT2D eigenvalue weighted by molar-refractivity contribution is 5.93. The zero-order chi connectivity index (χ0) is 18.6. The number of alkyl halides is 3. The van der Waals surface area contributed by atoms with Crippen molar-refractivity contribution in [1.29, 1.82) is 0 Å². The van der Waals surface area contributed by atoms with E-state index in [0.717, 1.165) is 29.5 Å². The highest BCUT2D eigenvalue weighted by Gasteiger charge is 2.32. The number of benzene rings is 1. The standard InChI is InChI=1S/C18H15F3N4O/c19-18(20,21)16-7-6-14(11-22-16)17(26)23-10-13-4-1-2-5-15(13)12-25-9-3-8-24-25/h1-9,11H,10,12H2,(H,23,26). The fourth-order valence-electron chi connectivity index (χ4n) is 2.43. The summed E-state index contributed by atoms with van der Waals surface area (Å²) in [5, 5.41) is 6.86. The molecule has 0 aliphatic heterocycles. The van der Waals surface area contributed by atoms with E-state index in [1.165, 1.54) is 0 Å². The van der Waals surface area contributed by atoms with Crippen molar-refractivity contribution in [3.8, 4) is 0 Å². The Kier molecular flexibility index (Phi) is 5.01. The number of carbonyl (C=O) groups excluding carboxylic acids is 1. The van der Waals surface area contributed by atoms with E-state index in [9.17, 15) is 18.0 Å². The molecular weight excluding hydrogens is 345 g/mol. The molecule has 2 heterocycles. The Morgan fingerprint density at radius 2 is 1.85 bits per heavy atom. The van der Waals surface area contributed by atoms with E-state index in [1.54, 1.807) is 10.9 Å². The van der Waals surface area contributed by atoms with Gasteiger partial charge in [-0.3, -0.25) is 14.5 Å². The molecule has 134 valence electrons. The third-order valence-corrected chi connectivity index (χ3v) is 3.77. The Morgan fingerprint density at radius 3 is 2.46 bits per heavy atom. The second kappa shape index (κ2) is 7.38. The largest absolute Gasteiger partial charge is 0.433 e. The average molecular weight is 360 g/mol. The molecule has 0 bridgehead atoms. The molecule has 3 rings (SSSR count). The maximum atomic E-state index is 12.5. The lowest BCUT2D eigenvalue weighted by Gasteiger charge is -2.11. The Bertz CT molecular complexity index is 874. The molecule has 1 aromatic carbocycles. The molecule has 0 saturated carbocycles. The van der Waals surface area contributed by atoms with Crippen molar-refractivity contribution >= 4 is 5.91 Å². The first-order valence-corrected chi connectivity index (χ1v) is 7.79. The van der Waals surface area contributed by atoms with E-state index in [1.807, 2.05) is 36.5 Å². The van der Waals surface area contributed by atoms with Crippen LogP contribution < -0.4 is 5.32 Å². The van der Waals surface area contributed by atoms with Gasteiger partial charge in [0.1, 0.15) is 5.69 Å². The number of hydrogen-bond acceptors (Lipinski definition) is 3. The minimum Gasteiger partial charge on any atom is -0.348 e. The summed E-state index contributed by atoms with van der Waals surface area (Å²) in [5.74, 6) is -0.486. The molecule has 0 aliphatic carbocycles. The van der Waals surface area contributed by atoms with Gasteiger partial charge >= 0.3 is 6.18 Å². The van der Waals surface area contributed by atoms with Crippen molar-refractivity contribution < 1.29 is 18.0 Å². The second-order valence-electron chi connectivity index (χ2n) is 5.58. The summed E-state index contributed by atoms with van der Waals surface area (Å²) in [4.78, 5) is 15.5. The number of carbonyl (C=O) groups is 1. The lowest BCUT2D eigenvalue weighted by atomic mass is 10.1. The van der Waals surface area contributed by atoms with Crippen LogP contribution in [0.2, 0.25) is 0 Å². The van der Waals surface area contributed by atoms with Crippen molar-refractivity contribution in [3.63, 3.8) is 0 Å². The zero-order valence-corrected chi connectivity index (χ0v) is 13.6. The molecule has 26 heavy (non-hydrogen) atoms. The van der Waals surface area contributed by atoms with E-state index < -0.39 is 17.8 Å². The number of aromatic nitrogens is 3. The van der Waals surface area contributed by atoms with E-state index >= 15 is 0 Å². The molecule has 0 radical (unpaired) electrons. The van der Waals surface area contributed by atoms with Crippen molar-refractivity contribution in [2.24, 2.45) is 0 Å². The highest BCUT2D eigenvalue weighted by Crippen LogP contribution is 2.27. The Morgan fingerprint density at radius 1 is 1.08 bits per heavy atom. The molecule has 0 saturated heterocycles. The number of amides is 1. The van der Waals surface area contributed by atoms with Crippen LogP contribution in [0, 0.1) is 0 Å². The monoisotopic (exact) mass is 360 g/mol. The van der Waals surface area contributed by atoms with Gasteiger partial charge < -0.3 is 5.32 Å². The quantitative estimate of drug-likeness (QED) is 0.760. The highest BCUT2D eigenvalue weighted by atomic mass is 19.4. The molecule has 1 N–H and O–H groups in total. The van der Waals surface area contributed by atoms with Crippen LogP contribution in [-0.2, 0) is 19.3 Å². The lowest BCUT2D eigenvalue weighted by Crippen LogP contribution is -2.24. The summed E-state index contributed by atoms with van der Waals surface area (Å²) >= 11 is 0. The van der Waals surface area contributed by atoms with Crippen molar-refractivity contribution in [2.75, 3.05) is 0 Å². The normalized spacial score (nSPS) is 11.3. The molecular formula is C18H15F3N4O. The molecule has 1 amide bonds. The van der Waals surface area contributed by atoms with Crippen LogP contribution in [0.3, 0.4) is 0 Å². The zero-order valence-electron chi connectivity index (χ0n) is 13.6. The van der Waals surface area contributed by atoms with Gasteiger partial charge in [0.25, 0.3) is 5.91 Å². The lowest BCUT2D eigenvalue weighted by molar-refractivity contribution is -0.141. The summed E-state index contributed by atoms with van der Waals surface area (Å²) in [5.41, 5.74) is 0.930. The molecule has 8 heteroatoms. The molecule has 0 unspecified atom stereocenters. The predicted octanol–water partition coefficient (Wildman–Crippen LogP) is 3.28. The van der Waals surface area contributed by atoms with Crippen molar-refractivity contribution in [3.05, 3.63) is 83.4 Å². The average Bonchev–Trinajstić information content (AvgIpc) is 3.13. The van der Waals surface area contributed by atoms with Gasteiger partial charge in [-0.2, -0.15) is 18.3 Å². The SMILES string of the molecule is O=C(NCc1ccccc1Cn1cccn1)c1ccc(C(F)(F)F)nc1. The summed E-state index contributed by atoms with van der Waals surface area (Å²) in [7, 11) is 0. The van der Waals surface area contributed by atoms with E-state index in [2.05, 4.69) is 15.4 Å². The first-order valence-electron chi connectivity index (χ1n) is 7.79. The van der Waals surface area contributed by atoms with Gasteiger partial charge in [-0.1, -0.05) is 24.3 Å². The van der Waals surface area contributed by atoms with Crippen LogP contribution in [0.5, 0.6) is 0 Å². The van der Waals surface area contributed by atoms with E-state index in [0.29, 0.717) is 6.54 Å². The molecule has 0 aliphatic rings. The van der Waals surface area contributed by atoms with Crippen molar-refractivity contribution in [2.45, 2.75) is 19.3 Å². The molecule has 0 spiro atoms. The fourth-order valence-corrected chi connectivity index (χ4v) is 2.43. The van der Waals surface area contributed by atoms with Crippen LogP contribution in [0.1, 0.15) is 27.2 Å². The number of hydrogen-bond donors (Lipinski definition) is 1. The summed E-state index contributed by atoms with van der Waals surface area (Å²) in [6.07, 6.45) is -0.0838. The van der Waals surface area contributed by atoms with Gasteiger partial charge in [0.2, 0.25) is 0 Å². The molecule has 3 aromatic rings. The van der Waals surface area contributed by atoms with E-state index in [-0.39, 0.29) is 12.1 Å². The second-order valence-corrected chi connectivity index (χ2v) is 5.58. The topological polar surface area (TPSA) is 59.8 Å². The van der Waals surface area contributed by atoms with Gasteiger partial charge in [0.15, 0.2) is 0 Å². The van der Waals surface area contributed by atoms with E-state index in [4.69, 9.17) is 0 Å². The Labute approximate surface area is 147 Å². The number of nitrogens with one attached hydrogen (secondary N) is 1. The summed E-state index contributed by atoms with van der Waals surface area (Å²) in [6.45, 7) is 0.804. The number of pyridine rings is 1. The molecule has 5 nitrogen and oxygen atoms in total. The fraction of sp³-hybridized carbons (Fsp3) is 0.167. The van der Waals surface area contributed by atoms with Crippen LogP contribution in [0.15, 0.2) is 61.1 Å². The first kappa shape index (κ1) is 17.7. The van der Waals surface area contributed by atoms with Gasteiger partial charge in [-0.05, 0) is 29.3 Å². The third kappa shape index (κ3) is 4.27. The van der Waals surface area contributed by atoms with Crippen molar-refractivity contribution in [1.82, 2.24) is 20.1 Å². The number of halogens is 3. The maximum Gasteiger partial charge on any atom is 0.433 e. The summed E-state index contributed by atoms with van der Waals surface area (Å²) < 4.78 is 39.3. The maximum absolute atomic E-state index is 12.5. The smallest absolute Gasteiger partial charge is 0.348 e. The predicted molar refractivity (Wildman–Crippen MR) is 88.2 cm³/mol. The first-order chi connectivity index (χ1) is 12.4. The van der Waals surface area contributed by atoms with Gasteiger partial charge in [0.05, 0.1) is 12.1 Å². The van der Waals surface area contributed by atoms with Gasteiger partial charge in [-0.15, -0.1) is 0 Å². The number of nitrogens with zero attached hydrogens (tertiary/aromatic N) is 3. The third-order valence-electron chi connectivity index (χ3n) is 3.77. The Balaban J connectivity index is 1.66.